The Morgan fingerprint density at radius 1 is 1.50 bits per heavy atom. The number of nitrogens with zero attached hydrogens (tertiary/aromatic N) is 2. The van der Waals surface area contributed by atoms with Crippen molar-refractivity contribution >= 4 is 5.91 Å². The zero-order valence-electron chi connectivity index (χ0n) is 10.5. The number of pyridine rings is 1. The van der Waals surface area contributed by atoms with E-state index in [2.05, 4.69) is 4.98 Å². The second-order valence-corrected chi connectivity index (χ2v) is 4.34. The summed E-state index contributed by atoms with van der Waals surface area (Å²) in [6.45, 7) is 1.56. The van der Waals surface area contributed by atoms with Crippen molar-refractivity contribution in [3.8, 4) is 5.75 Å². The van der Waals surface area contributed by atoms with Crippen molar-refractivity contribution < 1.29 is 14.3 Å². The number of carbonyl (C=O) groups excluding carboxylic acids is 1. The van der Waals surface area contributed by atoms with Crippen LogP contribution in [0.15, 0.2) is 24.5 Å². The summed E-state index contributed by atoms with van der Waals surface area (Å²) < 4.78 is 10.7. The zero-order valence-corrected chi connectivity index (χ0v) is 10.5. The smallest absolute Gasteiger partial charge is 0.248 e. The molecule has 2 heterocycles. The van der Waals surface area contributed by atoms with Crippen LogP contribution in [0.3, 0.4) is 0 Å². The molecule has 1 unspecified atom stereocenters. The standard InChI is InChI=1S/C13H18N2O3/c1-17-10-13(16)15-8-2-3-12(9-15)18-11-4-6-14-7-5-11/h4-7,12H,2-3,8-10H2,1H3. The highest BCUT2D eigenvalue weighted by molar-refractivity contribution is 5.77. The number of hydrogen-bond donors (Lipinski definition) is 0. The SMILES string of the molecule is COCC(=O)N1CCCC(Oc2ccncc2)C1. The van der Waals surface area contributed by atoms with Crippen LogP contribution in [0.4, 0.5) is 0 Å². The Labute approximate surface area is 107 Å². The van der Waals surface area contributed by atoms with E-state index in [1.54, 1.807) is 17.3 Å². The van der Waals surface area contributed by atoms with E-state index >= 15 is 0 Å². The highest BCUT2D eigenvalue weighted by Crippen LogP contribution is 2.17. The third-order valence-electron chi connectivity index (χ3n) is 2.95. The van der Waals surface area contributed by atoms with Crippen LogP contribution >= 0.6 is 0 Å². The summed E-state index contributed by atoms with van der Waals surface area (Å²) in [6.07, 6.45) is 5.39. The lowest BCUT2D eigenvalue weighted by molar-refractivity contribution is -0.137. The number of aromatic nitrogens is 1. The number of carbonyl (C=O) groups is 1. The van der Waals surface area contributed by atoms with E-state index in [0.29, 0.717) is 6.54 Å². The van der Waals surface area contributed by atoms with E-state index in [4.69, 9.17) is 9.47 Å². The molecule has 5 heteroatoms. The maximum atomic E-state index is 11.7. The second kappa shape index (κ2) is 6.35. The molecule has 1 amide bonds. The fourth-order valence-corrected chi connectivity index (χ4v) is 2.08. The molecule has 1 aromatic heterocycles. The highest BCUT2D eigenvalue weighted by atomic mass is 16.5. The van der Waals surface area contributed by atoms with Crippen LogP contribution in [0.2, 0.25) is 0 Å². The number of piperidine rings is 1. The molecule has 0 aromatic carbocycles. The van der Waals surface area contributed by atoms with Crippen LogP contribution in [0, 0.1) is 0 Å². The van der Waals surface area contributed by atoms with Crippen LogP contribution in [0.1, 0.15) is 12.8 Å². The summed E-state index contributed by atoms with van der Waals surface area (Å²) in [4.78, 5) is 17.5. The molecule has 1 aliphatic heterocycles. The lowest BCUT2D eigenvalue weighted by Crippen LogP contribution is -2.45. The zero-order chi connectivity index (χ0) is 12.8. The van der Waals surface area contributed by atoms with Gasteiger partial charge >= 0.3 is 0 Å². The largest absolute Gasteiger partial charge is 0.488 e. The third kappa shape index (κ3) is 3.43. The van der Waals surface area contributed by atoms with Gasteiger partial charge < -0.3 is 14.4 Å². The van der Waals surface area contributed by atoms with Gasteiger partial charge in [-0.15, -0.1) is 0 Å². The van der Waals surface area contributed by atoms with Gasteiger partial charge in [-0.05, 0) is 25.0 Å². The van der Waals surface area contributed by atoms with E-state index < -0.39 is 0 Å². The molecule has 98 valence electrons. The first-order chi connectivity index (χ1) is 8.79. The number of ether oxygens (including phenoxy) is 2. The van der Waals surface area contributed by atoms with Gasteiger partial charge in [0.2, 0.25) is 5.91 Å². The average Bonchev–Trinajstić information content (AvgIpc) is 2.40. The molecule has 0 N–H and O–H groups in total. The van der Waals surface area contributed by atoms with Gasteiger partial charge in [-0.2, -0.15) is 0 Å². The predicted octanol–water partition coefficient (Wildman–Crippen LogP) is 1.10. The first-order valence-corrected chi connectivity index (χ1v) is 6.13. The van der Waals surface area contributed by atoms with Crippen molar-refractivity contribution in [3.63, 3.8) is 0 Å². The summed E-state index contributed by atoms with van der Waals surface area (Å²) in [7, 11) is 1.53. The highest BCUT2D eigenvalue weighted by Gasteiger charge is 2.24. The molecular formula is C13H18N2O3. The Morgan fingerprint density at radius 2 is 2.28 bits per heavy atom. The van der Waals surface area contributed by atoms with Crippen molar-refractivity contribution in [2.75, 3.05) is 26.8 Å². The van der Waals surface area contributed by atoms with Crippen molar-refractivity contribution in [2.45, 2.75) is 18.9 Å². The summed E-state index contributed by atoms with van der Waals surface area (Å²) >= 11 is 0. The van der Waals surface area contributed by atoms with Crippen LogP contribution in [-0.2, 0) is 9.53 Å². The number of amides is 1. The molecule has 1 aliphatic rings. The molecule has 1 atom stereocenters. The summed E-state index contributed by atoms with van der Waals surface area (Å²) in [6, 6.07) is 3.66. The minimum Gasteiger partial charge on any atom is -0.488 e. The van der Waals surface area contributed by atoms with E-state index in [1.165, 1.54) is 7.11 Å². The van der Waals surface area contributed by atoms with Gasteiger partial charge in [0.1, 0.15) is 18.5 Å². The van der Waals surface area contributed by atoms with Crippen LogP contribution < -0.4 is 4.74 Å². The Hall–Kier alpha value is -1.62. The van der Waals surface area contributed by atoms with E-state index in [0.717, 1.165) is 25.1 Å². The fourth-order valence-electron chi connectivity index (χ4n) is 2.08. The molecule has 0 aliphatic carbocycles. The number of methoxy groups -OCH3 is 1. The Kier molecular flexibility index (Phi) is 4.52. The minimum atomic E-state index is 0.0283. The van der Waals surface area contributed by atoms with Gasteiger partial charge in [0.15, 0.2) is 0 Å². The molecule has 2 rings (SSSR count). The topological polar surface area (TPSA) is 51.7 Å². The Balaban J connectivity index is 1.89. The molecule has 1 fully saturated rings. The molecule has 0 spiro atoms. The van der Waals surface area contributed by atoms with Crippen molar-refractivity contribution in [1.29, 1.82) is 0 Å². The first-order valence-electron chi connectivity index (χ1n) is 6.13. The number of hydrogen-bond acceptors (Lipinski definition) is 4. The molecule has 1 saturated heterocycles. The summed E-state index contributed by atoms with van der Waals surface area (Å²) in [5, 5.41) is 0. The average molecular weight is 250 g/mol. The van der Waals surface area contributed by atoms with Gasteiger partial charge in [-0.25, -0.2) is 0 Å². The maximum Gasteiger partial charge on any atom is 0.248 e. The normalized spacial score (nSPS) is 19.6. The fraction of sp³-hybridized carbons (Fsp3) is 0.538. The first kappa shape index (κ1) is 12.8. The molecule has 5 nitrogen and oxygen atoms in total. The lowest BCUT2D eigenvalue weighted by atomic mass is 10.1. The molecular weight excluding hydrogens is 232 g/mol. The summed E-state index contributed by atoms with van der Waals surface area (Å²) in [5.74, 6) is 0.830. The number of rotatable bonds is 4. The molecule has 0 radical (unpaired) electrons. The molecule has 0 saturated carbocycles. The van der Waals surface area contributed by atoms with Gasteiger partial charge in [-0.3, -0.25) is 9.78 Å². The van der Waals surface area contributed by atoms with Crippen molar-refractivity contribution in [1.82, 2.24) is 9.88 Å². The lowest BCUT2D eigenvalue weighted by Gasteiger charge is -2.32. The molecule has 0 bridgehead atoms. The Morgan fingerprint density at radius 3 is 3.00 bits per heavy atom. The monoisotopic (exact) mass is 250 g/mol. The van der Waals surface area contributed by atoms with Crippen molar-refractivity contribution in [3.05, 3.63) is 24.5 Å². The van der Waals surface area contributed by atoms with Crippen molar-refractivity contribution in [2.24, 2.45) is 0 Å². The maximum absolute atomic E-state index is 11.7. The van der Waals surface area contributed by atoms with Crippen LogP contribution in [0.25, 0.3) is 0 Å². The Bertz CT molecular complexity index is 383. The van der Waals surface area contributed by atoms with E-state index in [-0.39, 0.29) is 18.6 Å². The van der Waals surface area contributed by atoms with Crippen LogP contribution in [0.5, 0.6) is 5.75 Å². The molecule has 18 heavy (non-hydrogen) atoms. The van der Waals surface area contributed by atoms with E-state index in [1.807, 2.05) is 12.1 Å². The van der Waals surface area contributed by atoms with Gasteiger partial charge in [0.05, 0.1) is 6.54 Å². The second-order valence-electron chi connectivity index (χ2n) is 4.34. The van der Waals surface area contributed by atoms with Gasteiger partial charge in [0.25, 0.3) is 0 Å². The van der Waals surface area contributed by atoms with Gasteiger partial charge in [-0.1, -0.05) is 0 Å². The summed E-state index contributed by atoms with van der Waals surface area (Å²) in [5.41, 5.74) is 0. The molecule has 1 aromatic rings. The predicted molar refractivity (Wildman–Crippen MR) is 66.3 cm³/mol. The third-order valence-corrected chi connectivity index (χ3v) is 2.95. The number of likely N-dealkylation sites (tertiary alicyclic amines) is 1. The van der Waals surface area contributed by atoms with Gasteiger partial charge in [0, 0.05) is 26.0 Å². The van der Waals surface area contributed by atoms with Crippen LogP contribution in [-0.4, -0.2) is 48.7 Å². The minimum absolute atomic E-state index is 0.0283. The quantitative estimate of drug-likeness (QED) is 0.803. The van der Waals surface area contributed by atoms with E-state index in [9.17, 15) is 4.79 Å².